The van der Waals surface area contributed by atoms with Crippen molar-refractivity contribution < 1.29 is 9.53 Å². The highest BCUT2D eigenvalue weighted by Crippen LogP contribution is 2.26. The summed E-state index contributed by atoms with van der Waals surface area (Å²) in [6.07, 6.45) is 8.57. The Morgan fingerprint density at radius 1 is 1.24 bits per heavy atom. The van der Waals surface area contributed by atoms with Crippen LogP contribution in [0.25, 0.3) is 10.9 Å². The van der Waals surface area contributed by atoms with Crippen LogP contribution in [0.3, 0.4) is 0 Å². The molecule has 1 N–H and O–H groups in total. The van der Waals surface area contributed by atoms with Gasteiger partial charge in [0.05, 0.1) is 19.3 Å². The number of carbonyl (C=O) groups is 1. The average molecular weight is 392 g/mol. The SMILES string of the molecule is CCOc1ccc2[nH]c(=O)c(CN(C(=O)c3cnccn3)C3CCCC3)cc2c1. The van der Waals surface area contributed by atoms with E-state index < -0.39 is 0 Å². The number of benzene rings is 1. The minimum Gasteiger partial charge on any atom is -0.494 e. The van der Waals surface area contributed by atoms with Crippen molar-refractivity contribution in [2.45, 2.75) is 45.2 Å². The lowest BCUT2D eigenvalue weighted by molar-refractivity contribution is 0.0657. The summed E-state index contributed by atoms with van der Waals surface area (Å²) in [5, 5.41) is 0.879. The smallest absolute Gasteiger partial charge is 0.274 e. The number of aromatic amines is 1. The fraction of sp³-hybridized carbons (Fsp3) is 0.364. The van der Waals surface area contributed by atoms with E-state index in [9.17, 15) is 9.59 Å². The summed E-state index contributed by atoms with van der Waals surface area (Å²) in [6, 6.07) is 7.54. The number of H-pyrrole nitrogens is 1. The summed E-state index contributed by atoms with van der Waals surface area (Å²) in [5.74, 6) is 0.564. The molecule has 1 aliphatic carbocycles. The van der Waals surface area contributed by atoms with Gasteiger partial charge >= 0.3 is 0 Å². The molecule has 0 bridgehead atoms. The van der Waals surface area contributed by atoms with E-state index in [1.54, 1.807) is 11.1 Å². The van der Waals surface area contributed by atoms with Crippen LogP contribution >= 0.6 is 0 Å². The lowest BCUT2D eigenvalue weighted by Gasteiger charge is -2.28. The Labute approximate surface area is 168 Å². The summed E-state index contributed by atoms with van der Waals surface area (Å²) in [4.78, 5) is 38.7. The van der Waals surface area contributed by atoms with Gasteiger partial charge in [-0.05, 0) is 44.0 Å². The minimum absolute atomic E-state index is 0.106. The van der Waals surface area contributed by atoms with Crippen molar-refractivity contribution in [1.29, 1.82) is 0 Å². The predicted molar refractivity (Wildman–Crippen MR) is 110 cm³/mol. The first-order valence-corrected chi connectivity index (χ1v) is 10.0. The van der Waals surface area contributed by atoms with E-state index in [-0.39, 0.29) is 24.1 Å². The predicted octanol–water partition coefficient (Wildman–Crippen LogP) is 3.30. The third kappa shape index (κ3) is 4.13. The van der Waals surface area contributed by atoms with Crippen molar-refractivity contribution in [3.63, 3.8) is 0 Å². The highest BCUT2D eigenvalue weighted by Gasteiger charge is 2.29. The number of nitrogens with zero attached hydrogens (tertiary/aromatic N) is 3. The van der Waals surface area contributed by atoms with Crippen molar-refractivity contribution in [3.05, 3.63) is 64.5 Å². The second-order valence-corrected chi connectivity index (χ2v) is 7.27. The standard InChI is InChI=1S/C22H24N4O3/c1-2-29-18-7-8-19-15(12-18)11-16(21(27)25-19)14-26(17-5-3-4-6-17)22(28)20-13-23-9-10-24-20/h7-13,17H,2-6,14H2,1H3,(H,25,27). The van der Waals surface area contributed by atoms with Gasteiger partial charge in [-0.2, -0.15) is 0 Å². The molecule has 0 radical (unpaired) electrons. The van der Waals surface area contributed by atoms with Gasteiger partial charge < -0.3 is 14.6 Å². The molecule has 4 rings (SSSR count). The van der Waals surface area contributed by atoms with Crippen LogP contribution in [0.2, 0.25) is 0 Å². The Kier molecular flexibility index (Phi) is 5.55. The van der Waals surface area contributed by atoms with E-state index in [2.05, 4.69) is 15.0 Å². The van der Waals surface area contributed by atoms with Gasteiger partial charge in [0.25, 0.3) is 11.5 Å². The van der Waals surface area contributed by atoms with Gasteiger partial charge in [-0.15, -0.1) is 0 Å². The van der Waals surface area contributed by atoms with Crippen LogP contribution < -0.4 is 10.3 Å². The maximum atomic E-state index is 13.1. The summed E-state index contributed by atoms with van der Waals surface area (Å²) in [5.41, 5.74) is 1.41. The van der Waals surface area contributed by atoms with Crippen LogP contribution in [0.5, 0.6) is 5.75 Å². The quantitative estimate of drug-likeness (QED) is 0.695. The molecule has 29 heavy (non-hydrogen) atoms. The molecular formula is C22H24N4O3. The first-order chi connectivity index (χ1) is 14.2. The second kappa shape index (κ2) is 8.43. The van der Waals surface area contributed by atoms with Crippen LogP contribution in [-0.2, 0) is 6.54 Å². The zero-order valence-corrected chi connectivity index (χ0v) is 16.4. The van der Waals surface area contributed by atoms with Gasteiger partial charge in [0, 0.05) is 34.9 Å². The molecule has 1 fully saturated rings. The van der Waals surface area contributed by atoms with Crippen LogP contribution in [0.15, 0.2) is 47.7 Å². The molecule has 0 atom stereocenters. The van der Waals surface area contributed by atoms with E-state index in [4.69, 9.17) is 4.74 Å². The Morgan fingerprint density at radius 2 is 2.07 bits per heavy atom. The summed E-state index contributed by atoms with van der Waals surface area (Å²) < 4.78 is 5.57. The van der Waals surface area contributed by atoms with E-state index in [0.717, 1.165) is 42.3 Å². The van der Waals surface area contributed by atoms with Crippen molar-refractivity contribution >= 4 is 16.8 Å². The van der Waals surface area contributed by atoms with E-state index >= 15 is 0 Å². The van der Waals surface area contributed by atoms with Gasteiger partial charge in [-0.25, -0.2) is 4.98 Å². The highest BCUT2D eigenvalue weighted by atomic mass is 16.5. The second-order valence-electron chi connectivity index (χ2n) is 7.27. The largest absolute Gasteiger partial charge is 0.494 e. The molecule has 3 aromatic rings. The third-order valence-electron chi connectivity index (χ3n) is 5.35. The normalized spacial score (nSPS) is 14.2. The molecule has 0 unspecified atom stereocenters. The van der Waals surface area contributed by atoms with Crippen molar-refractivity contribution in [2.75, 3.05) is 6.61 Å². The molecule has 2 heterocycles. The number of fused-ring (bicyclic) bond motifs is 1. The number of aromatic nitrogens is 3. The van der Waals surface area contributed by atoms with Crippen LogP contribution in [0.4, 0.5) is 0 Å². The average Bonchev–Trinajstić information content (AvgIpc) is 3.27. The minimum atomic E-state index is -0.187. The zero-order chi connectivity index (χ0) is 20.2. The van der Waals surface area contributed by atoms with Crippen LogP contribution in [0, 0.1) is 0 Å². The van der Waals surface area contributed by atoms with Crippen molar-refractivity contribution in [2.24, 2.45) is 0 Å². The molecule has 7 heteroatoms. The Hall–Kier alpha value is -3.22. The highest BCUT2D eigenvalue weighted by molar-refractivity contribution is 5.92. The summed E-state index contributed by atoms with van der Waals surface area (Å²) in [7, 11) is 0. The lowest BCUT2D eigenvalue weighted by Crippen LogP contribution is -2.40. The van der Waals surface area contributed by atoms with E-state index in [0.29, 0.717) is 17.9 Å². The van der Waals surface area contributed by atoms with Crippen molar-refractivity contribution in [3.8, 4) is 5.75 Å². The van der Waals surface area contributed by atoms with Crippen molar-refractivity contribution in [1.82, 2.24) is 19.9 Å². The zero-order valence-electron chi connectivity index (χ0n) is 16.4. The maximum absolute atomic E-state index is 13.1. The third-order valence-corrected chi connectivity index (χ3v) is 5.35. The molecule has 1 aromatic carbocycles. The summed E-state index contributed by atoms with van der Waals surface area (Å²) >= 11 is 0. The number of rotatable bonds is 6. The molecule has 2 aromatic heterocycles. The number of hydrogen-bond donors (Lipinski definition) is 1. The number of nitrogens with one attached hydrogen (secondary N) is 1. The van der Waals surface area contributed by atoms with Crippen LogP contribution in [0.1, 0.15) is 48.7 Å². The number of ether oxygens (including phenoxy) is 1. The number of amides is 1. The van der Waals surface area contributed by atoms with Crippen LogP contribution in [-0.4, -0.2) is 38.4 Å². The number of pyridine rings is 1. The Balaban J connectivity index is 1.69. The molecule has 150 valence electrons. The lowest BCUT2D eigenvalue weighted by atomic mass is 10.1. The molecule has 0 spiro atoms. The molecule has 0 saturated heterocycles. The van der Waals surface area contributed by atoms with Gasteiger partial charge in [0.2, 0.25) is 0 Å². The maximum Gasteiger partial charge on any atom is 0.274 e. The Morgan fingerprint density at radius 3 is 2.79 bits per heavy atom. The van der Waals surface area contributed by atoms with Gasteiger partial charge in [0.15, 0.2) is 0 Å². The first-order valence-electron chi connectivity index (χ1n) is 10.0. The first kappa shape index (κ1) is 19.1. The molecule has 7 nitrogen and oxygen atoms in total. The monoisotopic (exact) mass is 392 g/mol. The van der Waals surface area contributed by atoms with E-state index in [1.807, 2.05) is 31.2 Å². The fourth-order valence-corrected chi connectivity index (χ4v) is 3.93. The topological polar surface area (TPSA) is 88.2 Å². The molecular weight excluding hydrogens is 368 g/mol. The Bertz CT molecular complexity index is 1060. The van der Waals surface area contributed by atoms with E-state index in [1.165, 1.54) is 12.4 Å². The van der Waals surface area contributed by atoms with Gasteiger partial charge in [0.1, 0.15) is 11.4 Å². The van der Waals surface area contributed by atoms with Gasteiger partial charge in [-0.3, -0.25) is 14.6 Å². The molecule has 1 saturated carbocycles. The molecule has 0 aliphatic heterocycles. The molecule has 1 amide bonds. The number of carbonyl (C=O) groups excluding carboxylic acids is 1. The molecule has 1 aliphatic rings. The fourth-order valence-electron chi connectivity index (χ4n) is 3.93. The summed E-state index contributed by atoms with van der Waals surface area (Å²) in [6.45, 7) is 2.74. The number of hydrogen-bond acceptors (Lipinski definition) is 5. The van der Waals surface area contributed by atoms with Gasteiger partial charge in [-0.1, -0.05) is 12.8 Å².